The molecule has 0 saturated carbocycles. The number of rotatable bonds is 1. The highest BCUT2D eigenvalue weighted by Gasteiger charge is 2.24. The molecule has 1 aliphatic rings. The summed E-state index contributed by atoms with van der Waals surface area (Å²) in [5.41, 5.74) is 4.74. The standard InChI is InChI=1S/C16H12ClN3O/c17-11-2-3-13-10(9-11)1-4-14-15(13)16(21)19-20(14)12-5-7-18-8-6-12/h2-3,5-9H,1,4H2,(H,19,21). The van der Waals surface area contributed by atoms with Crippen LogP contribution in [-0.4, -0.2) is 14.8 Å². The summed E-state index contributed by atoms with van der Waals surface area (Å²) in [5, 5.41) is 3.64. The molecule has 5 heteroatoms. The summed E-state index contributed by atoms with van der Waals surface area (Å²) in [6.45, 7) is 0. The zero-order valence-corrected chi connectivity index (χ0v) is 11.9. The summed E-state index contributed by atoms with van der Waals surface area (Å²) in [4.78, 5) is 16.4. The Kier molecular flexibility index (Phi) is 2.72. The fourth-order valence-corrected chi connectivity index (χ4v) is 3.16. The normalized spacial score (nSPS) is 12.8. The Morgan fingerprint density at radius 3 is 2.76 bits per heavy atom. The van der Waals surface area contributed by atoms with Crippen LogP contribution in [0.4, 0.5) is 0 Å². The number of benzene rings is 1. The van der Waals surface area contributed by atoms with Crippen molar-refractivity contribution in [2.45, 2.75) is 12.8 Å². The van der Waals surface area contributed by atoms with Gasteiger partial charge in [-0.3, -0.25) is 19.6 Å². The Labute approximate surface area is 126 Å². The highest BCUT2D eigenvalue weighted by Crippen LogP contribution is 2.33. The van der Waals surface area contributed by atoms with E-state index in [1.54, 1.807) is 12.4 Å². The molecule has 0 radical (unpaired) electrons. The van der Waals surface area contributed by atoms with Crippen molar-refractivity contribution in [1.82, 2.24) is 14.8 Å². The molecule has 0 atom stereocenters. The first kappa shape index (κ1) is 12.4. The Morgan fingerprint density at radius 1 is 1.14 bits per heavy atom. The molecular formula is C16H12ClN3O. The van der Waals surface area contributed by atoms with Gasteiger partial charge >= 0.3 is 0 Å². The predicted octanol–water partition coefficient (Wildman–Crippen LogP) is 2.98. The minimum atomic E-state index is -0.0647. The lowest BCUT2D eigenvalue weighted by Crippen LogP contribution is -2.09. The van der Waals surface area contributed by atoms with Gasteiger partial charge in [-0.1, -0.05) is 17.7 Å². The first-order valence-electron chi connectivity index (χ1n) is 6.77. The zero-order valence-electron chi connectivity index (χ0n) is 11.1. The van der Waals surface area contributed by atoms with Gasteiger partial charge in [-0.05, 0) is 48.2 Å². The fraction of sp³-hybridized carbons (Fsp3) is 0.125. The summed E-state index contributed by atoms with van der Waals surface area (Å²) in [7, 11) is 0. The number of halogens is 1. The van der Waals surface area contributed by atoms with Crippen molar-refractivity contribution in [1.29, 1.82) is 0 Å². The zero-order chi connectivity index (χ0) is 14.4. The Morgan fingerprint density at radius 2 is 1.95 bits per heavy atom. The topological polar surface area (TPSA) is 50.7 Å². The minimum absolute atomic E-state index is 0.0647. The van der Waals surface area contributed by atoms with Gasteiger partial charge in [0.2, 0.25) is 0 Å². The van der Waals surface area contributed by atoms with Crippen molar-refractivity contribution in [2.24, 2.45) is 0 Å². The van der Waals surface area contributed by atoms with Gasteiger partial charge in [0, 0.05) is 17.4 Å². The second-order valence-electron chi connectivity index (χ2n) is 5.10. The van der Waals surface area contributed by atoms with Crippen molar-refractivity contribution in [3.05, 3.63) is 69.4 Å². The van der Waals surface area contributed by atoms with Gasteiger partial charge in [0.25, 0.3) is 5.56 Å². The van der Waals surface area contributed by atoms with E-state index in [9.17, 15) is 4.79 Å². The first-order valence-corrected chi connectivity index (χ1v) is 7.15. The number of nitrogens with one attached hydrogen (secondary N) is 1. The van der Waals surface area contributed by atoms with Crippen LogP contribution in [0.5, 0.6) is 0 Å². The number of nitrogens with zero attached hydrogens (tertiary/aromatic N) is 2. The average molecular weight is 298 g/mol. The second kappa shape index (κ2) is 4.60. The third-order valence-corrected chi connectivity index (χ3v) is 4.12. The molecule has 0 saturated heterocycles. The van der Waals surface area contributed by atoms with Crippen molar-refractivity contribution in [2.75, 3.05) is 0 Å². The van der Waals surface area contributed by atoms with Gasteiger partial charge in [-0.2, -0.15) is 0 Å². The van der Waals surface area contributed by atoms with Gasteiger partial charge in [-0.25, -0.2) is 0 Å². The second-order valence-corrected chi connectivity index (χ2v) is 5.54. The number of hydrogen-bond acceptors (Lipinski definition) is 2. The monoisotopic (exact) mass is 297 g/mol. The van der Waals surface area contributed by atoms with Crippen molar-refractivity contribution in [3.8, 4) is 16.8 Å². The van der Waals surface area contributed by atoms with E-state index >= 15 is 0 Å². The molecule has 0 unspecified atom stereocenters. The summed E-state index contributed by atoms with van der Waals surface area (Å²) in [5.74, 6) is 0. The van der Waals surface area contributed by atoms with Crippen LogP contribution < -0.4 is 5.56 Å². The molecule has 0 bridgehead atoms. The van der Waals surface area contributed by atoms with Crippen LogP contribution >= 0.6 is 11.6 Å². The van der Waals surface area contributed by atoms with Crippen LogP contribution in [-0.2, 0) is 12.8 Å². The summed E-state index contributed by atoms with van der Waals surface area (Å²) in [6, 6.07) is 9.48. The molecule has 4 nitrogen and oxygen atoms in total. The van der Waals surface area contributed by atoms with Gasteiger partial charge in [0.15, 0.2) is 0 Å². The molecule has 2 aromatic heterocycles. The van der Waals surface area contributed by atoms with E-state index in [1.165, 1.54) is 0 Å². The molecule has 1 N–H and O–H groups in total. The van der Waals surface area contributed by atoms with Crippen LogP contribution in [0.25, 0.3) is 16.8 Å². The number of pyridine rings is 1. The number of fused-ring (bicyclic) bond motifs is 3. The summed E-state index contributed by atoms with van der Waals surface area (Å²) in [6.07, 6.45) is 5.13. The molecule has 2 heterocycles. The SMILES string of the molecule is O=c1[nH]n(-c2ccncc2)c2c1-c1ccc(Cl)cc1CC2. The van der Waals surface area contributed by atoms with Gasteiger partial charge in [0.05, 0.1) is 16.9 Å². The third kappa shape index (κ3) is 1.91. The van der Waals surface area contributed by atoms with Crippen molar-refractivity contribution in [3.63, 3.8) is 0 Å². The molecule has 1 aromatic carbocycles. The molecule has 1 aliphatic carbocycles. The highest BCUT2D eigenvalue weighted by molar-refractivity contribution is 6.30. The maximum atomic E-state index is 12.4. The van der Waals surface area contributed by atoms with E-state index in [4.69, 9.17) is 11.6 Å². The Hall–Kier alpha value is -2.33. The summed E-state index contributed by atoms with van der Waals surface area (Å²) >= 11 is 6.05. The lowest BCUT2D eigenvalue weighted by molar-refractivity contribution is 0.775. The van der Waals surface area contributed by atoms with E-state index in [0.717, 1.165) is 40.9 Å². The molecule has 3 aromatic rings. The van der Waals surface area contributed by atoms with E-state index in [1.807, 2.05) is 35.0 Å². The Balaban J connectivity index is 1.97. The minimum Gasteiger partial charge on any atom is -0.267 e. The number of aromatic amines is 1. The molecule has 0 amide bonds. The third-order valence-electron chi connectivity index (χ3n) is 3.89. The van der Waals surface area contributed by atoms with Crippen molar-refractivity contribution < 1.29 is 0 Å². The molecule has 4 rings (SSSR count). The molecular weight excluding hydrogens is 286 g/mol. The van der Waals surface area contributed by atoms with E-state index in [-0.39, 0.29) is 5.56 Å². The smallest absolute Gasteiger partial charge is 0.267 e. The molecule has 0 spiro atoms. The lowest BCUT2D eigenvalue weighted by Gasteiger charge is -2.17. The van der Waals surface area contributed by atoms with E-state index in [0.29, 0.717) is 5.02 Å². The van der Waals surface area contributed by atoms with Gasteiger partial charge < -0.3 is 0 Å². The predicted molar refractivity (Wildman–Crippen MR) is 82.0 cm³/mol. The van der Waals surface area contributed by atoms with Crippen molar-refractivity contribution >= 4 is 11.6 Å². The average Bonchev–Trinajstić information content (AvgIpc) is 2.85. The van der Waals surface area contributed by atoms with Crippen LogP contribution in [0.2, 0.25) is 5.02 Å². The first-order chi connectivity index (χ1) is 10.2. The highest BCUT2D eigenvalue weighted by atomic mass is 35.5. The van der Waals surface area contributed by atoms with Crippen LogP contribution in [0.1, 0.15) is 11.3 Å². The Bertz CT molecular complexity index is 880. The van der Waals surface area contributed by atoms with Crippen LogP contribution in [0, 0.1) is 0 Å². The number of aryl methyl sites for hydroxylation is 1. The maximum absolute atomic E-state index is 12.4. The molecule has 104 valence electrons. The van der Waals surface area contributed by atoms with Gasteiger partial charge in [0.1, 0.15) is 0 Å². The van der Waals surface area contributed by atoms with E-state index < -0.39 is 0 Å². The molecule has 21 heavy (non-hydrogen) atoms. The number of aromatic nitrogens is 3. The fourth-order valence-electron chi connectivity index (χ4n) is 2.96. The van der Waals surface area contributed by atoms with E-state index in [2.05, 4.69) is 10.1 Å². The number of hydrogen-bond donors (Lipinski definition) is 1. The van der Waals surface area contributed by atoms with Gasteiger partial charge in [-0.15, -0.1) is 0 Å². The largest absolute Gasteiger partial charge is 0.272 e. The number of H-pyrrole nitrogens is 1. The van der Waals surface area contributed by atoms with Crippen LogP contribution in [0.3, 0.4) is 0 Å². The lowest BCUT2D eigenvalue weighted by atomic mass is 9.90. The quantitative estimate of drug-likeness (QED) is 0.751. The van der Waals surface area contributed by atoms with Crippen LogP contribution in [0.15, 0.2) is 47.5 Å². The molecule has 0 aliphatic heterocycles. The maximum Gasteiger partial charge on any atom is 0.272 e. The molecule has 0 fully saturated rings. The summed E-state index contributed by atoms with van der Waals surface area (Å²) < 4.78 is 1.86.